The summed E-state index contributed by atoms with van der Waals surface area (Å²) < 4.78 is 63.6. The van der Waals surface area contributed by atoms with E-state index >= 15 is 0 Å². The van der Waals surface area contributed by atoms with Crippen LogP contribution in [0.25, 0.3) is 66.5 Å². The molecule has 3 fully saturated rings. The first-order valence-electron chi connectivity index (χ1n) is 33.3. The molecule has 3 aliphatic rings. The second-order valence-corrected chi connectivity index (χ2v) is 25.9. The van der Waals surface area contributed by atoms with Gasteiger partial charge in [-0.1, -0.05) is 24.3 Å². The minimum atomic E-state index is -0.638. The molecule has 0 radical (unpaired) electrons. The third-order valence-electron chi connectivity index (χ3n) is 18.7. The van der Waals surface area contributed by atoms with Gasteiger partial charge < -0.3 is 30.7 Å². The molecule has 24 nitrogen and oxygen atoms in total. The van der Waals surface area contributed by atoms with Crippen molar-refractivity contribution >= 4 is 68.0 Å². The summed E-state index contributed by atoms with van der Waals surface area (Å²) in [5.41, 5.74) is 10.2. The van der Waals surface area contributed by atoms with E-state index in [1.165, 1.54) is 23.9 Å². The van der Waals surface area contributed by atoms with Crippen LogP contribution >= 0.6 is 0 Å². The predicted octanol–water partition coefficient (Wildman–Crippen LogP) is 10.2. The Bertz CT molecular complexity index is 4840. The lowest BCUT2D eigenvalue weighted by Crippen LogP contribution is -2.43. The van der Waals surface area contributed by atoms with Crippen LogP contribution in [-0.2, 0) is 40.8 Å². The summed E-state index contributed by atoms with van der Waals surface area (Å²) in [5.74, 6) is 0.719. The molecule has 12 aromatic rings. The number of nitrogens with zero attached hydrogens (tertiary/aromatic N) is 21. The van der Waals surface area contributed by atoms with Crippen LogP contribution in [0, 0.1) is 44.0 Å². The van der Waals surface area contributed by atoms with Gasteiger partial charge in [0.15, 0.2) is 23.3 Å². The molecular formula is C72H80F4N24. The van der Waals surface area contributed by atoms with Crippen LogP contribution in [-0.4, -0.2) is 203 Å². The van der Waals surface area contributed by atoms with E-state index in [1.807, 2.05) is 107 Å². The van der Waals surface area contributed by atoms with Gasteiger partial charge in [-0.25, -0.2) is 62.4 Å². The van der Waals surface area contributed by atoms with Gasteiger partial charge in [0.1, 0.15) is 39.9 Å². The number of anilines is 6. The quantitative estimate of drug-likeness (QED) is 0.0812. The van der Waals surface area contributed by atoms with Crippen molar-refractivity contribution in [2.45, 2.75) is 40.4 Å². The first-order chi connectivity index (χ1) is 48.3. The summed E-state index contributed by atoms with van der Waals surface area (Å²) in [6.45, 7) is 21.2. The van der Waals surface area contributed by atoms with Crippen LogP contribution in [0.1, 0.15) is 33.8 Å². The van der Waals surface area contributed by atoms with E-state index in [0.29, 0.717) is 62.6 Å². The van der Waals surface area contributed by atoms with E-state index in [2.05, 4.69) is 139 Å². The topological polar surface area (TPSA) is 225 Å². The molecule has 0 atom stereocenters. The minimum absolute atomic E-state index is 0.00763. The Morgan fingerprint density at radius 2 is 0.750 bits per heavy atom. The molecule has 28 heteroatoms. The Morgan fingerprint density at radius 3 is 1.19 bits per heavy atom. The number of likely N-dealkylation sites (N-methyl/N-ethyl adjacent to an activating group) is 3. The van der Waals surface area contributed by atoms with Crippen molar-refractivity contribution in [1.82, 2.24) is 104 Å². The molecule has 0 bridgehead atoms. The van der Waals surface area contributed by atoms with Gasteiger partial charge in [-0.3, -0.25) is 28.7 Å². The summed E-state index contributed by atoms with van der Waals surface area (Å²) in [5, 5.41) is 24.5. The van der Waals surface area contributed by atoms with E-state index < -0.39 is 17.5 Å². The van der Waals surface area contributed by atoms with Crippen LogP contribution < -0.4 is 16.0 Å². The van der Waals surface area contributed by atoms with Crippen molar-refractivity contribution in [2.75, 3.05) is 116 Å². The molecule has 15 rings (SSSR count). The average Bonchev–Trinajstić information content (AvgIpc) is 1.58. The Morgan fingerprint density at radius 1 is 0.360 bits per heavy atom. The molecule has 0 unspecified atom stereocenters. The number of pyridine rings is 3. The molecule has 3 N–H and O–H groups in total. The summed E-state index contributed by atoms with van der Waals surface area (Å²) >= 11 is 0. The average molecular weight is 1360 g/mol. The monoisotopic (exact) mass is 1360 g/mol. The van der Waals surface area contributed by atoms with Crippen LogP contribution in [0.5, 0.6) is 0 Å². The number of hydrogen-bond donors (Lipinski definition) is 3. The highest BCUT2D eigenvalue weighted by Crippen LogP contribution is 2.32. The fourth-order valence-electron chi connectivity index (χ4n) is 12.3. The highest BCUT2D eigenvalue weighted by molar-refractivity contribution is 5.89. The van der Waals surface area contributed by atoms with E-state index in [0.717, 1.165) is 149 Å². The van der Waals surface area contributed by atoms with Crippen molar-refractivity contribution in [3.8, 4) is 33.8 Å². The molecule has 0 amide bonds. The van der Waals surface area contributed by atoms with Crippen LogP contribution in [0.15, 0.2) is 122 Å². The van der Waals surface area contributed by atoms with Crippen LogP contribution in [0.2, 0.25) is 0 Å². The zero-order valence-corrected chi connectivity index (χ0v) is 57.6. The Balaban J connectivity index is 0.000000134. The van der Waals surface area contributed by atoms with E-state index in [9.17, 15) is 17.6 Å². The third kappa shape index (κ3) is 16.0. The lowest BCUT2D eigenvalue weighted by atomic mass is 10.1. The van der Waals surface area contributed by atoms with Crippen LogP contribution in [0.4, 0.5) is 52.9 Å². The molecule has 3 aliphatic heterocycles. The smallest absolute Gasteiger partial charge is 0.229 e. The van der Waals surface area contributed by atoms with Crippen molar-refractivity contribution in [3.05, 3.63) is 179 Å². The number of piperazine rings is 3. The molecular weight excluding hydrogens is 1280 g/mol. The maximum Gasteiger partial charge on any atom is 0.229 e. The van der Waals surface area contributed by atoms with Gasteiger partial charge in [-0.05, 0) is 119 Å². The lowest BCUT2D eigenvalue weighted by Gasteiger charge is -2.32. The van der Waals surface area contributed by atoms with Crippen molar-refractivity contribution in [3.63, 3.8) is 0 Å². The Kier molecular flexibility index (Phi) is 20.5. The predicted molar refractivity (Wildman–Crippen MR) is 380 cm³/mol. The van der Waals surface area contributed by atoms with E-state index in [4.69, 9.17) is 0 Å². The van der Waals surface area contributed by atoms with Crippen LogP contribution in [0.3, 0.4) is 0 Å². The van der Waals surface area contributed by atoms with Crippen molar-refractivity contribution < 1.29 is 17.6 Å². The highest BCUT2D eigenvalue weighted by Gasteiger charge is 2.22. The zero-order chi connectivity index (χ0) is 69.7. The Hall–Kier alpha value is -10.4. The second kappa shape index (κ2) is 30.0. The molecule has 3 saturated heterocycles. The van der Waals surface area contributed by atoms with Gasteiger partial charge in [0.05, 0.1) is 23.6 Å². The van der Waals surface area contributed by atoms with Gasteiger partial charge in [0.25, 0.3) is 0 Å². The number of aromatic nitrogens is 15. The van der Waals surface area contributed by atoms with Gasteiger partial charge in [-0.2, -0.15) is 15.3 Å². The number of fused-ring (bicyclic) bond motifs is 3. The molecule has 516 valence electrons. The number of nitrogens with one attached hydrogen (secondary N) is 3. The normalized spacial score (nSPS) is 15.2. The highest BCUT2D eigenvalue weighted by atomic mass is 19.1. The number of rotatable bonds is 15. The lowest BCUT2D eigenvalue weighted by molar-refractivity contribution is 0.148. The zero-order valence-electron chi connectivity index (χ0n) is 57.6. The largest absolute Gasteiger partial charge is 0.309 e. The van der Waals surface area contributed by atoms with Crippen molar-refractivity contribution in [1.29, 1.82) is 0 Å². The number of hydrogen-bond acceptors (Lipinski definition) is 21. The number of halogens is 4. The summed E-state index contributed by atoms with van der Waals surface area (Å²) in [7, 11) is 11.9. The fourth-order valence-corrected chi connectivity index (χ4v) is 12.3. The van der Waals surface area contributed by atoms with Gasteiger partial charge in [0, 0.05) is 194 Å². The van der Waals surface area contributed by atoms with Gasteiger partial charge in [-0.15, -0.1) is 0 Å². The van der Waals surface area contributed by atoms with Crippen molar-refractivity contribution in [2.24, 2.45) is 21.1 Å². The second-order valence-electron chi connectivity index (χ2n) is 25.9. The van der Waals surface area contributed by atoms with E-state index in [1.54, 1.807) is 34.7 Å². The Labute approximate surface area is 576 Å². The van der Waals surface area contributed by atoms with Gasteiger partial charge in [0.2, 0.25) is 17.8 Å². The first kappa shape index (κ1) is 68.2. The molecule has 9 aromatic heterocycles. The third-order valence-corrected chi connectivity index (χ3v) is 18.7. The molecule has 0 aliphatic carbocycles. The maximum atomic E-state index is 14.7. The summed E-state index contributed by atoms with van der Waals surface area (Å²) in [4.78, 5) is 53.5. The summed E-state index contributed by atoms with van der Waals surface area (Å²) in [6.07, 6.45) is 9.49. The van der Waals surface area contributed by atoms with E-state index in [-0.39, 0.29) is 28.7 Å². The maximum absolute atomic E-state index is 14.7. The molecule has 100 heavy (non-hydrogen) atoms. The van der Waals surface area contributed by atoms with Gasteiger partial charge >= 0.3 is 0 Å². The number of benzene rings is 3. The standard InChI is InChI=1S/C24H26F2N8.2C24H27FN8/c1-15-18-10-17(11-19(25)23(18)31-33(15)3)22-20(26)13-28-24(30-22)29-21-5-4-16(12-27-21)14-34-8-6-32(2)7-9-34;1-16-19-12-18(5-6-21(19)30-32(16)3)23-20(25)14-27-24(29-23)28-22-7-4-17(13-26-22)15-33-10-8-31(2)9-11-33;1-16-19-12-18(13-20(25)23(19)30-32(16)3)21-6-7-26-24(28-21)29-22-5-4-17(14-27-22)15-33-10-8-31(2)9-11-33/h4-5,10-13H,6-9,14H2,1-3H3,(H,27,28,29,30);2*4-7,12-14H,8-11,15H2,1-3H3,(H,26,27,28,29). The summed E-state index contributed by atoms with van der Waals surface area (Å²) in [6, 6.07) is 25.5. The minimum Gasteiger partial charge on any atom is -0.309 e. The first-order valence-corrected chi connectivity index (χ1v) is 33.3. The fraction of sp³-hybridized carbons (Fsp3) is 0.333. The SMILES string of the molecule is Cc1c2cc(-c3ccnc(Nc4ccc(CN5CCN(C)CC5)cn4)n3)cc(F)c2nn1C.Cc1c2cc(-c3nc(Nc4ccc(CN5CCN(C)CC5)cn4)ncc3F)cc(F)c2nn1C.Cc1c2cc(-c3nc(Nc4ccc(CN5CCN(C)CC5)cn4)ncc3F)ccc2nn1C. The molecule has 0 spiro atoms. The molecule has 3 aromatic carbocycles. The number of aryl methyl sites for hydroxylation is 6. The molecule has 0 saturated carbocycles. The molecule has 12 heterocycles.